The third kappa shape index (κ3) is 6.55. The van der Waals surface area contributed by atoms with Gasteiger partial charge in [-0.2, -0.15) is 13.2 Å². The zero-order valence-electron chi connectivity index (χ0n) is 18.3. The van der Waals surface area contributed by atoms with E-state index in [1.807, 2.05) is 17.0 Å². The molecule has 2 amide bonds. The number of carboxylic acids is 1. The van der Waals surface area contributed by atoms with Crippen molar-refractivity contribution in [2.75, 3.05) is 19.6 Å². The molecule has 0 aromatic carbocycles. The molecule has 1 N–H and O–H groups in total. The van der Waals surface area contributed by atoms with Crippen molar-refractivity contribution >= 4 is 17.8 Å². The van der Waals surface area contributed by atoms with E-state index in [1.165, 1.54) is 0 Å². The largest absolute Gasteiger partial charge is 0.490 e. The Hall–Kier alpha value is -2.91. The first-order chi connectivity index (χ1) is 15.6. The van der Waals surface area contributed by atoms with Crippen molar-refractivity contribution in [1.29, 1.82) is 0 Å². The summed E-state index contributed by atoms with van der Waals surface area (Å²) in [6.07, 6.45) is 8.14. The summed E-state index contributed by atoms with van der Waals surface area (Å²) in [6, 6.07) is 3.96. The van der Waals surface area contributed by atoms with Gasteiger partial charge in [-0.05, 0) is 55.2 Å². The minimum Gasteiger partial charge on any atom is -0.475 e. The number of rotatable bonds is 3. The molecule has 1 aromatic rings. The summed E-state index contributed by atoms with van der Waals surface area (Å²) in [5.41, 5.74) is 1.32. The molecular formula is C23H28F3N3O4. The maximum atomic E-state index is 12.6. The lowest BCUT2D eigenvalue weighted by molar-refractivity contribution is -0.192. The molecule has 10 heteroatoms. The molecule has 2 fully saturated rings. The van der Waals surface area contributed by atoms with Gasteiger partial charge in [0.25, 0.3) is 0 Å². The van der Waals surface area contributed by atoms with Crippen molar-refractivity contribution in [2.24, 2.45) is 11.3 Å². The van der Waals surface area contributed by atoms with Crippen LogP contribution >= 0.6 is 0 Å². The molecular weight excluding hydrogens is 439 g/mol. The number of nitrogens with zero attached hydrogens (tertiary/aromatic N) is 3. The van der Waals surface area contributed by atoms with Gasteiger partial charge in [0.2, 0.25) is 11.8 Å². The molecule has 1 aliphatic carbocycles. The van der Waals surface area contributed by atoms with E-state index in [4.69, 9.17) is 9.90 Å². The average Bonchev–Trinajstić information content (AvgIpc) is 3.32. The van der Waals surface area contributed by atoms with Crippen LogP contribution in [0.5, 0.6) is 0 Å². The second-order valence-electron chi connectivity index (χ2n) is 8.87. The van der Waals surface area contributed by atoms with E-state index in [-0.39, 0.29) is 17.2 Å². The Morgan fingerprint density at radius 1 is 1.09 bits per heavy atom. The van der Waals surface area contributed by atoms with Gasteiger partial charge < -0.3 is 14.9 Å². The van der Waals surface area contributed by atoms with Crippen molar-refractivity contribution in [2.45, 2.75) is 51.2 Å². The van der Waals surface area contributed by atoms with E-state index >= 15 is 0 Å². The fourth-order valence-electron chi connectivity index (χ4n) is 4.64. The Bertz CT molecular complexity index is 873. The maximum absolute atomic E-state index is 12.6. The summed E-state index contributed by atoms with van der Waals surface area (Å²) in [6.45, 7) is 3.17. The minimum atomic E-state index is -5.08. The molecule has 2 saturated heterocycles. The SMILES string of the molecule is O=C(O)C(F)(F)F.O=C1CCC2(CCN(C(=O)C3CC=CC3)CC2)CN1Cc1ccncc1. The highest BCUT2D eigenvalue weighted by atomic mass is 19.4. The number of aliphatic carboxylic acids is 1. The van der Waals surface area contributed by atoms with Crippen LogP contribution in [0.2, 0.25) is 0 Å². The average molecular weight is 467 g/mol. The van der Waals surface area contributed by atoms with Gasteiger partial charge in [-0.1, -0.05) is 12.2 Å². The van der Waals surface area contributed by atoms with Crippen LogP contribution in [0.4, 0.5) is 13.2 Å². The van der Waals surface area contributed by atoms with Crippen LogP contribution < -0.4 is 0 Å². The number of amides is 2. The predicted octanol–water partition coefficient (Wildman–Crippen LogP) is 3.41. The lowest BCUT2D eigenvalue weighted by atomic mass is 9.72. The van der Waals surface area contributed by atoms with Gasteiger partial charge in [0.1, 0.15) is 0 Å². The number of hydrogen-bond acceptors (Lipinski definition) is 4. The first kappa shape index (κ1) is 24.7. The number of likely N-dealkylation sites (tertiary alicyclic amines) is 2. The van der Waals surface area contributed by atoms with Gasteiger partial charge in [0, 0.05) is 50.9 Å². The highest BCUT2D eigenvalue weighted by Gasteiger charge is 2.42. The number of aromatic nitrogens is 1. The minimum absolute atomic E-state index is 0.167. The summed E-state index contributed by atoms with van der Waals surface area (Å²) in [7, 11) is 0. The van der Waals surface area contributed by atoms with Gasteiger partial charge in [0.05, 0.1) is 0 Å². The Labute approximate surface area is 190 Å². The van der Waals surface area contributed by atoms with Gasteiger partial charge in [-0.25, -0.2) is 4.79 Å². The summed E-state index contributed by atoms with van der Waals surface area (Å²) in [5, 5.41) is 7.12. The van der Waals surface area contributed by atoms with Gasteiger partial charge in [0.15, 0.2) is 0 Å². The first-order valence-corrected chi connectivity index (χ1v) is 11.0. The summed E-state index contributed by atoms with van der Waals surface area (Å²) < 4.78 is 31.7. The van der Waals surface area contributed by atoms with Crippen LogP contribution in [0.1, 0.15) is 44.1 Å². The topological polar surface area (TPSA) is 90.8 Å². The number of carbonyl (C=O) groups excluding carboxylic acids is 2. The normalized spacial score (nSPS) is 20.5. The number of carbonyl (C=O) groups is 3. The van der Waals surface area contributed by atoms with Gasteiger partial charge >= 0.3 is 12.1 Å². The van der Waals surface area contributed by atoms with Crippen LogP contribution in [-0.4, -0.2) is 63.5 Å². The van der Waals surface area contributed by atoms with E-state index in [1.54, 1.807) is 12.4 Å². The lowest BCUT2D eigenvalue weighted by Crippen LogP contribution is -2.52. The van der Waals surface area contributed by atoms with Crippen LogP contribution in [0, 0.1) is 11.3 Å². The molecule has 180 valence electrons. The molecule has 1 aromatic heterocycles. The molecule has 0 unspecified atom stereocenters. The van der Waals surface area contributed by atoms with Crippen molar-refractivity contribution < 1.29 is 32.7 Å². The fraction of sp³-hybridized carbons (Fsp3) is 0.565. The van der Waals surface area contributed by atoms with Crippen LogP contribution in [0.3, 0.4) is 0 Å². The fourth-order valence-corrected chi connectivity index (χ4v) is 4.64. The molecule has 3 heterocycles. The molecule has 0 radical (unpaired) electrons. The molecule has 0 saturated carbocycles. The molecule has 7 nitrogen and oxygen atoms in total. The molecule has 3 aliphatic rings. The molecule has 33 heavy (non-hydrogen) atoms. The van der Waals surface area contributed by atoms with Crippen molar-refractivity contribution in [3.05, 3.63) is 42.2 Å². The summed E-state index contributed by atoms with van der Waals surface area (Å²) in [5.74, 6) is -2.01. The number of carboxylic acid groups (broad SMARTS) is 1. The number of pyridine rings is 1. The number of halogens is 3. The molecule has 4 rings (SSSR count). The van der Waals surface area contributed by atoms with Crippen LogP contribution in [-0.2, 0) is 20.9 Å². The van der Waals surface area contributed by atoms with Crippen molar-refractivity contribution in [3.63, 3.8) is 0 Å². The smallest absolute Gasteiger partial charge is 0.475 e. The number of hydrogen-bond donors (Lipinski definition) is 1. The second kappa shape index (κ2) is 10.4. The zero-order valence-corrected chi connectivity index (χ0v) is 18.3. The van der Waals surface area contributed by atoms with E-state index in [0.29, 0.717) is 18.9 Å². The standard InChI is InChI=1S/C21H27N3O2.C2HF3O2/c25-19-5-8-21(16-24(19)15-17-6-11-22-12-7-17)9-13-23(14-10-21)20(26)18-3-1-2-4-18;3-2(4,5)1(6)7/h1-2,6-7,11-12,18H,3-5,8-10,13-16H2;(H,6,7). The van der Waals surface area contributed by atoms with Gasteiger partial charge in [-0.15, -0.1) is 0 Å². The monoisotopic (exact) mass is 467 g/mol. The summed E-state index contributed by atoms with van der Waals surface area (Å²) in [4.78, 5) is 42.1. The maximum Gasteiger partial charge on any atom is 0.490 e. The number of piperidine rings is 2. The highest BCUT2D eigenvalue weighted by molar-refractivity contribution is 5.80. The molecule has 0 bridgehead atoms. The van der Waals surface area contributed by atoms with Crippen LogP contribution in [0.25, 0.3) is 0 Å². The second-order valence-corrected chi connectivity index (χ2v) is 8.87. The molecule has 0 atom stereocenters. The third-order valence-electron chi connectivity index (χ3n) is 6.61. The van der Waals surface area contributed by atoms with E-state index in [0.717, 1.165) is 57.3 Å². The van der Waals surface area contributed by atoms with E-state index in [9.17, 15) is 22.8 Å². The van der Waals surface area contributed by atoms with Crippen molar-refractivity contribution in [3.8, 4) is 0 Å². The van der Waals surface area contributed by atoms with E-state index in [2.05, 4.69) is 22.0 Å². The van der Waals surface area contributed by atoms with Gasteiger partial charge in [-0.3, -0.25) is 14.6 Å². The Balaban J connectivity index is 0.000000383. The Morgan fingerprint density at radius 2 is 1.67 bits per heavy atom. The molecule has 2 aliphatic heterocycles. The summed E-state index contributed by atoms with van der Waals surface area (Å²) >= 11 is 0. The zero-order chi connectivity index (χ0) is 24.1. The quantitative estimate of drug-likeness (QED) is 0.688. The van der Waals surface area contributed by atoms with Crippen molar-refractivity contribution in [1.82, 2.24) is 14.8 Å². The Morgan fingerprint density at radius 3 is 2.21 bits per heavy atom. The Kier molecular flexibility index (Phi) is 7.76. The molecule has 1 spiro atoms. The third-order valence-corrected chi connectivity index (χ3v) is 6.61. The highest BCUT2D eigenvalue weighted by Crippen LogP contribution is 2.41. The first-order valence-electron chi connectivity index (χ1n) is 11.0. The van der Waals surface area contributed by atoms with Crippen LogP contribution in [0.15, 0.2) is 36.7 Å². The predicted molar refractivity (Wildman–Crippen MR) is 113 cm³/mol. The lowest BCUT2D eigenvalue weighted by Gasteiger charge is -2.47. The van der Waals surface area contributed by atoms with E-state index < -0.39 is 12.1 Å². The number of alkyl halides is 3. The number of allylic oxidation sites excluding steroid dienone is 2.